The van der Waals surface area contributed by atoms with Crippen molar-refractivity contribution in [3.63, 3.8) is 0 Å². The van der Waals surface area contributed by atoms with E-state index in [2.05, 4.69) is 51.6 Å². The van der Waals surface area contributed by atoms with E-state index in [-0.39, 0.29) is 17.3 Å². The standard InChI is InChI=1S/C14H17BrFN3S/c1-14(2,3)13-12(20-19-18-13)11(17-4)8-6-5-7-9(15)10(8)16/h5-7,11,17H,1-4H3. The first-order chi connectivity index (χ1) is 9.36. The summed E-state index contributed by atoms with van der Waals surface area (Å²) in [6, 6.07) is 5.06. The number of halogens is 2. The SMILES string of the molecule is CNC(c1cccc(Br)c1F)c1snnc1C(C)(C)C. The second-order valence-electron chi connectivity index (χ2n) is 5.60. The molecule has 20 heavy (non-hydrogen) atoms. The van der Waals surface area contributed by atoms with E-state index in [4.69, 9.17) is 0 Å². The molecule has 108 valence electrons. The van der Waals surface area contributed by atoms with Gasteiger partial charge in [-0.25, -0.2) is 4.39 Å². The molecule has 1 atom stereocenters. The topological polar surface area (TPSA) is 37.8 Å². The number of hydrogen-bond donors (Lipinski definition) is 1. The summed E-state index contributed by atoms with van der Waals surface area (Å²) in [7, 11) is 1.82. The van der Waals surface area contributed by atoms with E-state index in [0.717, 1.165) is 10.6 Å². The molecule has 0 fully saturated rings. The molecule has 1 N–H and O–H groups in total. The first kappa shape index (κ1) is 15.5. The molecule has 0 aliphatic carbocycles. The lowest BCUT2D eigenvalue weighted by Crippen LogP contribution is -2.23. The lowest BCUT2D eigenvalue weighted by Gasteiger charge is -2.22. The molecule has 1 unspecified atom stereocenters. The highest BCUT2D eigenvalue weighted by Crippen LogP contribution is 2.35. The summed E-state index contributed by atoms with van der Waals surface area (Å²) in [5.74, 6) is -0.250. The van der Waals surface area contributed by atoms with Crippen LogP contribution in [-0.4, -0.2) is 16.6 Å². The van der Waals surface area contributed by atoms with Crippen molar-refractivity contribution < 1.29 is 4.39 Å². The van der Waals surface area contributed by atoms with E-state index in [1.54, 1.807) is 12.1 Å². The van der Waals surface area contributed by atoms with Crippen molar-refractivity contribution in [2.75, 3.05) is 7.05 Å². The first-order valence-corrected chi connectivity index (χ1v) is 7.86. The first-order valence-electron chi connectivity index (χ1n) is 6.30. The van der Waals surface area contributed by atoms with E-state index < -0.39 is 0 Å². The van der Waals surface area contributed by atoms with Gasteiger partial charge in [0.1, 0.15) is 5.82 Å². The Labute approximate surface area is 130 Å². The van der Waals surface area contributed by atoms with Crippen molar-refractivity contribution in [3.8, 4) is 0 Å². The summed E-state index contributed by atoms with van der Waals surface area (Å²) in [4.78, 5) is 0.956. The summed E-state index contributed by atoms with van der Waals surface area (Å²) in [6.07, 6.45) is 0. The Morgan fingerprint density at radius 2 is 2.05 bits per heavy atom. The maximum Gasteiger partial charge on any atom is 0.142 e. The van der Waals surface area contributed by atoms with Crippen LogP contribution in [0.25, 0.3) is 0 Å². The average Bonchev–Trinajstić information content (AvgIpc) is 2.84. The van der Waals surface area contributed by atoms with Gasteiger partial charge in [0.25, 0.3) is 0 Å². The predicted octanol–water partition coefficient (Wildman–Crippen LogP) is 4.05. The third kappa shape index (κ3) is 2.92. The fourth-order valence-electron chi connectivity index (χ4n) is 2.08. The Morgan fingerprint density at radius 3 is 2.65 bits per heavy atom. The van der Waals surface area contributed by atoms with Crippen LogP contribution in [0.5, 0.6) is 0 Å². The molecule has 0 amide bonds. The Morgan fingerprint density at radius 1 is 1.35 bits per heavy atom. The Hall–Kier alpha value is -0.850. The highest BCUT2D eigenvalue weighted by molar-refractivity contribution is 9.10. The fraction of sp³-hybridized carbons (Fsp3) is 0.429. The van der Waals surface area contributed by atoms with Crippen LogP contribution in [0, 0.1) is 5.82 Å². The molecular formula is C14H17BrFN3S. The van der Waals surface area contributed by atoms with Crippen LogP contribution in [0.15, 0.2) is 22.7 Å². The normalized spacial score (nSPS) is 13.5. The summed E-state index contributed by atoms with van der Waals surface area (Å²) in [6.45, 7) is 6.24. The monoisotopic (exact) mass is 357 g/mol. The number of hydrogen-bond acceptors (Lipinski definition) is 4. The molecule has 3 nitrogen and oxygen atoms in total. The summed E-state index contributed by atoms with van der Waals surface area (Å²) in [5.41, 5.74) is 1.37. The molecule has 1 aromatic heterocycles. The molecule has 0 aliphatic rings. The number of rotatable bonds is 3. The summed E-state index contributed by atoms with van der Waals surface area (Å²) >= 11 is 4.55. The molecule has 0 spiro atoms. The average molecular weight is 358 g/mol. The van der Waals surface area contributed by atoms with Crippen LogP contribution < -0.4 is 5.32 Å². The van der Waals surface area contributed by atoms with Gasteiger partial charge in [-0.3, -0.25) is 0 Å². The van der Waals surface area contributed by atoms with Crippen LogP contribution >= 0.6 is 27.5 Å². The van der Waals surface area contributed by atoms with Crippen LogP contribution in [0.1, 0.15) is 42.9 Å². The largest absolute Gasteiger partial charge is 0.308 e. The van der Waals surface area contributed by atoms with Gasteiger partial charge in [0, 0.05) is 11.0 Å². The van der Waals surface area contributed by atoms with Crippen LogP contribution in [0.2, 0.25) is 0 Å². The van der Waals surface area contributed by atoms with Gasteiger partial charge < -0.3 is 5.32 Å². The highest BCUT2D eigenvalue weighted by Gasteiger charge is 2.29. The van der Waals surface area contributed by atoms with E-state index in [1.165, 1.54) is 11.5 Å². The number of nitrogens with zero attached hydrogens (tertiary/aromatic N) is 2. The molecule has 0 radical (unpaired) electrons. The van der Waals surface area contributed by atoms with Gasteiger partial charge in [0.2, 0.25) is 0 Å². The van der Waals surface area contributed by atoms with Crippen molar-refractivity contribution in [2.45, 2.75) is 32.2 Å². The van der Waals surface area contributed by atoms with Gasteiger partial charge in [-0.2, -0.15) is 0 Å². The number of benzene rings is 1. The third-order valence-electron chi connectivity index (χ3n) is 3.07. The van der Waals surface area contributed by atoms with Gasteiger partial charge in [-0.05, 0) is 40.6 Å². The van der Waals surface area contributed by atoms with Gasteiger partial charge in [-0.1, -0.05) is 37.4 Å². The summed E-state index contributed by atoms with van der Waals surface area (Å²) in [5, 5.41) is 7.40. The van der Waals surface area contributed by atoms with E-state index in [9.17, 15) is 4.39 Å². The Kier molecular flexibility index (Phi) is 4.56. The Bertz CT molecular complexity index is 607. The quantitative estimate of drug-likeness (QED) is 0.900. The maximum atomic E-state index is 14.3. The second-order valence-corrected chi connectivity index (χ2v) is 7.24. The molecule has 6 heteroatoms. The molecule has 2 aromatic rings. The van der Waals surface area contributed by atoms with Gasteiger partial charge in [0.05, 0.1) is 21.1 Å². The highest BCUT2D eigenvalue weighted by atomic mass is 79.9. The van der Waals surface area contributed by atoms with Crippen molar-refractivity contribution in [1.82, 2.24) is 14.9 Å². The second kappa shape index (κ2) is 5.87. The maximum absolute atomic E-state index is 14.3. The van der Waals surface area contributed by atoms with E-state index in [0.29, 0.717) is 10.0 Å². The van der Waals surface area contributed by atoms with Gasteiger partial charge >= 0.3 is 0 Å². The predicted molar refractivity (Wildman–Crippen MR) is 83.6 cm³/mol. The van der Waals surface area contributed by atoms with Gasteiger partial charge in [-0.15, -0.1) is 5.10 Å². The van der Waals surface area contributed by atoms with Crippen molar-refractivity contribution in [2.24, 2.45) is 0 Å². The van der Waals surface area contributed by atoms with Crippen LogP contribution in [0.3, 0.4) is 0 Å². The van der Waals surface area contributed by atoms with Crippen molar-refractivity contribution in [3.05, 3.63) is 44.6 Å². The minimum atomic E-state index is -0.250. The van der Waals surface area contributed by atoms with E-state index >= 15 is 0 Å². The van der Waals surface area contributed by atoms with Crippen molar-refractivity contribution in [1.29, 1.82) is 0 Å². The van der Waals surface area contributed by atoms with Gasteiger partial charge in [0.15, 0.2) is 0 Å². The molecule has 0 bridgehead atoms. The molecule has 2 rings (SSSR count). The molecule has 0 saturated heterocycles. The molecule has 1 heterocycles. The van der Waals surface area contributed by atoms with Crippen molar-refractivity contribution >= 4 is 27.5 Å². The minimum absolute atomic E-state index is 0.125. The van der Waals surface area contributed by atoms with E-state index in [1.807, 2.05) is 13.1 Å². The number of nitrogens with one attached hydrogen (secondary N) is 1. The Balaban J connectivity index is 2.54. The smallest absolute Gasteiger partial charge is 0.142 e. The summed E-state index contributed by atoms with van der Waals surface area (Å²) < 4.78 is 18.9. The lowest BCUT2D eigenvalue weighted by atomic mass is 9.89. The number of aromatic nitrogens is 2. The molecule has 0 aliphatic heterocycles. The third-order valence-corrected chi connectivity index (χ3v) is 4.47. The minimum Gasteiger partial charge on any atom is -0.308 e. The lowest BCUT2D eigenvalue weighted by molar-refractivity contribution is 0.537. The fourth-order valence-corrected chi connectivity index (χ4v) is 3.45. The molecular weight excluding hydrogens is 341 g/mol. The zero-order valence-corrected chi connectivity index (χ0v) is 14.3. The van der Waals surface area contributed by atoms with Crippen LogP contribution in [0.4, 0.5) is 4.39 Å². The van der Waals surface area contributed by atoms with Crippen LogP contribution in [-0.2, 0) is 5.41 Å². The molecule has 0 saturated carbocycles. The zero-order chi connectivity index (χ0) is 14.9. The molecule has 1 aromatic carbocycles. The zero-order valence-electron chi connectivity index (χ0n) is 11.9.